The summed E-state index contributed by atoms with van der Waals surface area (Å²) in [6, 6.07) is 16.4. The Labute approximate surface area is 130 Å². The number of carbonyl (C=O) groups excluding carboxylic acids is 1. The second-order valence-electron chi connectivity index (χ2n) is 4.76. The van der Waals surface area contributed by atoms with Gasteiger partial charge in [0.2, 0.25) is 5.91 Å². The van der Waals surface area contributed by atoms with Gasteiger partial charge in [0.05, 0.1) is 19.8 Å². The molecule has 2 aromatic rings. The Morgan fingerprint density at radius 3 is 2.68 bits per heavy atom. The van der Waals surface area contributed by atoms with E-state index < -0.39 is 6.04 Å². The Morgan fingerprint density at radius 1 is 1.23 bits per heavy atom. The molecule has 0 saturated carbocycles. The average molecular weight is 297 g/mol. The maximum atomic E-state index is 12.0. The third-order valence-corrected chi connectivity index (χ3v) is 3.22. The zero-order valence-electron chi connectivity index (χ0n) is 12.4. The van der Waals surface area contributed by atoms with Crippen LogP contribution in [-0.2, 0) is 4.79 Å². The molecule has 0 spiro atoms. The first-order chi connectivity index (χ1) is 10.7. The van der Waals surface area contributed by atoms with E-state index in [4.69, 9.17) is 4.74 Å². The second kappa shape index (κ2) is 8.00. The van der Waals surface area contributed by atoms with Crippen LogP contribution in [-0.4, -0.2) is 24.7 Å². The minimum Gasteiger partial charge on any atom is -0.497 e. The molecule has 0 aliphatic rings. The van der Waals surface area contributed by atoms with Crippen molar-refractivity contribution in [3.8, 4) is 5.75 Å². The van der Waals surface area contributed by atoms with Crippen molar-refractivity contribution >= 4 is 12.0 Å². The van der Waals surface area contributed by atoms with Crippen LogP contribution in [0, 0.1) is 0 Å². The Balaban J connectivity index is 2.00. The van der Waals surface area contributed by atoms with E-state index in [1.807, 2.05) is 54.6 Å². The topological polar surface area (TPSA) is 58.6 Å². The number of rotatable bonds is 6. The van der Waals surface area contributed by atoms with Crippen LogP contribution >= 0.6 is 0 Å². The third kappa shape index (κ3) is 4.46. The van der Waals surface area contributed by atoms with E-state index >= 15 is 0 Å². The summed E-state index contributed by atoms with van der Waals surface area (Å²) in [6.45, 7) is -0.150. The van der Waals surface area contributed by atoms with E-state index in [-0.39, 0.29) is 12.5 Å². The van der Waals surface area contributed by atoms with Crippen LogP contribution in [0.3, 0.4) is 0 Å². The monoisotopic (exact) mass is 297 g/mol. The predicted molar refractivity (Wildman–Crippen MR) is 86.4 cm³/mol. The molecule has 0 saturated heterocycles. The molecule has 1 atom stereocenters. The first-order valence-corrected chi connectivity index (χ1v) is 7.01. The van der Waals surface area contributed by atoms with Gasteiger partial charge in [-0.15, -0.1) is 0 Å². The second-order valence-corrected chi connectivity index (χ2v) is 4.76. The summed E-state index contributed by atoms with van der Waals surface area (Å²) in [7, 11) is 1.60. The van der Waals surface area contributed by atoms with Crippen molar-refractivity contribution in [3.05, 3.63) is 71.8 Å². The van der Waals surface area contributed by atoms with Crippen LogP contribution in [0.2, 0.25) is 0 Å². The Morgan fingerprint density at radius 2 is 2.00 bits per heavy atom. The molecule has 2 N–H and O–H groups in total. The zero-order valence-corrected chi connectivity index (χ0v) is 12.4. The van der Waals surface area contributed by atoms with Crippen molar-refractivity contribution < 1.29 is 14.6 Å². The SMILES string of the molecule is COc1cccc(/C=C/C(=O)NC(CO)c2ccccc2)c1. The normalized spacial score (nSPS) is 12.1. The van der Waals surface area contributed by atoms with Crippen molar-refractivity contribution in [2.45, 2.75) is 6.04 Å². The Bertz CT molecular complexity index is 638. The molecule has 2 rings (SSSR count). The molecule has 114 valence electrons. The van der Waals surface area contributed by atoms with E-state index in [0.717, 1.165) is 16.9 Å². The molecule has 0 aromatic heterocycles. The molecule has 1 amide bonds. The molecule has 22 heavy (non-hydrogen) atoms. The number of carbonyl (C=O) groups is 1. The highest BCUT2D eigenvalue weighted by atomic mass is 16.5. The summed E-state index contributed by atoms with van der Waals surface area (Å²) >= 11 is 0. The standard InChI is InChI=1S/C18H19NO3/c1-22-16-9-5-6-14(12-16)10-11-18(21)19-17(13-20)15-7-3-2-4-8-15/h2-12,17,20H,13H2,1H3,(H,19,21)/b11-10+. The van der Waals surface area contributed by atoms with Crippen molar-refractivity contribution in [1.29, 1.82) is 0 Å². The van der Waals surface area contributed by atoms with E-state index in [1.165, 1.54) is 6.08 Å². The largest absolute Gasteiger partial charge is 0.497 e. The lowest BCUT2D eigenvalue weighted by molar-refractivity contribution is -0.117. The van der Waals surface area contributed by atoms with Crippen molar-refractivity contribution in [3.63, 3.8) is 0 Å². The first-order valence-electron chi connectivity index (χ1n) is 7.01. The molecule has 0 heterocycles. The maximum absolute atomic E-state index is 12.0. The van der Waals surface area contributed by atoms with Gasteiger partial charge in [-0.05, 0) is 29.3 Å². The van der Waals surface area contributed by atoms with Crippen LogP contribution in [0.5, 0.6) is 5.75 Å². The molecular weight excluding hydrogens is 278 g/mol. The minimum absolute atomic E-state index is 0.150. The van der Waals surface area contributed by atoms with E-state index in [2.05, 4.69) is 5.32 Å². The van der Waals surface area contributed by atoms with Gasteiger partial charge in [-0.1, -0.05) is 42.5 Å². The van der Waals surface area contributed by atoms with Gasteiger partial charge in [-0.25, -0.2) is 0 Å². The number of hydrogen-bond donors (Lipinski definition) is 2. The van der Waals surface area contributed by atoms with Gasteiger partial charge in [0.1, 0.15) is 5.75 Å². The fourth-order valence-corrected chi connectivity index (χ4v) is 2.06. The van der Waals surface area contributed by atoms with Gasteiger partial charge in [0.15, 0.2) is 0 Å². The van der Waals surface area contributed by atoms with Gasteiger partial charge in [0.25, 0.3) is 0 Å². The molecule has 2 aromatic carbocycles. The van der Waals surface area contributed by atoms with Crippen molar-refractivity contribution in [1.82, 2.24) is 5.32 Å². The van der Waals surface area contributed by atoms with Crippen LogP contribution in [0.25, 0.3) is 6.08 Å². The molecule has 0 radical (unpaired) electrons. The summed E-state index contributed by atoms with van der Waals surface area (Å²) in [6.07, 6.45) is 3.15. The summed E-state index contributed by atoms with van der Waals surface area (Å²) in [4.78, 5) is 12.0. The number of hydrogen-bond acceptors (Lipinski definition) is 3. The van der Waals surface area contributed by atoms with E-state index in [1.54, 1.807) is 13.2 Å². The summed E-state index contributed by atoms with van der Waals surface area (Å²) in [5.74, 6) is 0.478. The molecule has 4 heteroatoms. The molecule has 0 aliphatic carbocycles. The lowest BCUT2D eigenvalue weighted by atomic mass is 10.1. The molecular formula is C18H19NO3. The van der Waals surface area contributed by atoms with Crippen molar-refractivity contribution in [2.75, 3.05) is 13.7 Å². The maximum Gasteiger partial charge on any atom is 0.244 e. The fourth-order valence-electron chi connectivity index (χ4n) is 2.06. The Hall–Kier alpha value is -2.59. The molecule has 4 nitrogen and oxygen atoms in total. The van der Waals surface area contributed by atoms with Gasteiger partial charge in [-0.3, -0.25) is 4.79 Å². The first kappa shape index (κ1) is 15.8. The van der Waals surface area contributed by atoms with Gasteiger partial charge in [0, 0.05) is 6.08 Å². The van der Waals surface area contributed by atoms with Crippen LogP contribution in [0.1, 0.15) is 17.2 Å². The minimum atomic E-state index is -0.413. The van der Waals surface area contributed by atoms with E-state index in [0.29, 0.717) is 0 Å². The quantitative estimate of drug-likeness (QED) is 0.806. The molecule has 0 bridgehead atoms. The lowest BCUT2D eigenvalue weighted by Gasteiger charge is -2.15. The van der Waals surface area contributed by atoms with Crippen LogP contribution in [0.4, 0.5) is 0 Å². The average Bonchev–Trinajstić information content (AvgIpc) is 2.58. The number of aliphatic hydroxyl groups excluding tert-OH is 1. The predicted octanol–water partition coefficient (Wildman–Crippen LogP) is 2.56. The number of aliphatic hydroxyl groups is 1. The molecule has 1 unspecified atom stereocenters. The zero-order chi connectivity index (χ0) is 15.8. The highest BCUT2D eigenvalue weighted by Crippen LogP contribution is 2.14. The van der Waals surface area contributed by atoms with Gasteiger partial charge >= 0.3 is 0 Å². The van der Waals surface area contributed by atoms with Crippen molar-refractivity contribution in [2.24, 2.45) is 0 Å². The van der Waals surface area contributed by atoms with Crippen LogP contribution < -0.4 is 10.1 Å². The third-order valence-electron chi connectivity index (χ3n) is 3.22. The smallest absolute Gasteiger partial charge is 0.244 e. The summed E-state index contributed by atoms with van der Waals surface area (Å²) in [5.41, 5.74) is 1.74. The summed E-state index contributed by atoms with van der Waals surface area (Å²) in [5, 5.41) is 12.2. The lowest BCUT2D eigenvalue weighted by Crippen LogP contribution is -2.29. The number of benzene rings is 2. The number of ether oxygens (including phenoxy) is 1. The molecule has 0 fully saturated rings. The fraction of sp³-hybridized carbons (Fsp3) is 0.167. The van der Waals surface area contributed by atoms with Gasteiger partial charge < -0.3 is 15.2 Å². The number of methoxy groups -OCH3 is 1. The Kier molecular flexibility index (Phi) is 5.74. The molecule has 0 aliphatic heterocycles. The van der Waals surface area contributed by atoms with E-state index in [9.17, 15) is 9.90 Å². The highest BCUT2D eigenvalue weighted by molar-refractivity contribution is 5.92. The number of amides is 1. The highest BCUT2D eigenvalue weighted by Gasteiger charge is 2.11. The van der Waals surface area contributed by atoms with Crippen LogP contribution in [0.15, 0.2) is 60.7 Å². The summed E-state index contributed by atoms with van der Waals surface area (Å²) < 4.78 is 5.13. The number of nitrogens with one attached hydrogen (secondary N) is 1. The van der Waals surface area contributed by atoms with Gasteiger partial charge in [-0.2, -0.15) is 0 Å².